The van der Waals surface area contributed by atoms with E-state index in [0.29, 0.717) is 18.4 Å². The van der Waals surface area contributed by atoms with Crippen molar-refractivity contribution >= 4 is 5.97 Å². The summed E-state index contributed by atoms with van der Waals surface area (Å²) in [6, 6.07) is 0. The number of methoxy groups -OCH3 is 1. The van der Waals surface area contributed by atoms with Crippen LogP contribution in [0.2, 0.25) is 0 Å². The second-order valence-corrected chi connectivity index (χ2v) is 8.98. The van der Waals surface area contributed by atoms with Gasteiger partial charge in [-0.2, -0.15) is 0 Å². The van der Waals surface area contributed by atoms with Crippen LogP contribution in [0.1, 0.15) is 84.5 Å². The van der Waals surface area contributed by atoms with Gasteiger partial charge in [-0.1, -0.05) is 44.6 Å². The second kappa shape index (κ2) is 15.8. The molecular formula is C28H42O4. The molecule has 4 heteroatoms. The fraction of sp³-hybridized carbons (Fsp3) is 0.679. The maximum Gasteiger partial charge on any atom is 0.373 e. The van der Waals surface area contributed by atoms with Crippen molar-refractivity contribution in [2.75, 3.05) is 13.7 Å². The molecular weight excluding hydrogens is 400 g/mol. The van der Waals surface area contributed by atoms with Crippen molar-refractivity contribution in [3.05, 3.63) is 36.1 Å². The number of rotatable bonds is 11. The Bertz CT molecular complexity index is 688. The standard InChI is InChI=1S/C28H42O4/c1-4-5-7-14-23(2)15-12-17-25-19-13-18-24(25)16-8-6-9-20-26(28(29)30-3)32-27-21-10-11-22-31-27/h6,9,12,17,20,23-25,27H,4,8,10-11,13-16,18-19,21-22H2,1-3H3/t23?,24-,25-,27?/m0/s1. The molecule has 1 aliphatic carbocycles. The van der Waals surface area contributed by atoms with Crippen molar-refractivity contribution in [2.24, 2.45) is 17.8 Å². The van der Waals surface area contributed by atoms with Gasteiger partial charge in [-0.05, 0) is 68.8 Å². The van der Waals surface area contributed by atoms with Gasteiger partial charge in [0.05, 0.1) is 13.7 Å². The molecule has 178 valence electrons. The third-order valence-corrected chi connectivity index (χ3v) is 6.26. The van der Waals surface area contributed by atoms with Crippen LogP contribution in [0.3, 0.4) is 0 Å². The van der Waals surface area contributed by atoms with Crippen LogP contribution in [0, 0.1) is 29.6 Å². The molecule has 0 bridgehead atoms. The predicted octanol–water partition coefficient (Wildman–Crippen LogP) is 6.73. The van der Waals surface area contributed by atoms with Gasteiger partial charge in [0.15, 0.2) is 6.29 Å². The highest BCUT2D eigenvalue weighted by atomic mass is 16.7. The average Bonchev–Trinajstić information content (AvgIpc) is 3.25. The summed E-state index contributed by atoms with van der Waals surface area (Å²) in [6.07, 6.45) is 22.3. The number of ether oxygens (including phenoxy) is 3. The summed E-state index contributed by atoms with van der Waals surface area (Å²) in [4.78, 5) is 12.0. The Morgan fingerprint density at radius 3 is 2.78 bits per heavy atom. The smallest absolute Gasteiger partial charge is 0.373 e. The molecule has 0 N–H and O–H groups in total. The van der Waals surface area contributed by atoms with E-state index in [4.69, 9.17) is 14.2 Å². The van der Waals surface area contributed by atoms with Gasteiger partial charge in [-0.15, -0.1) is 11.8 Å². The topological polar surface area (TPSA) is 44.8 Å². The largest absolute Gasteiger partial charge is 0.463 e. The summed E-state index contributed by atoms with van der Waals surface area (Å²) in [5.41, 5.74) is 0. The average molecular weight is 443 g/mol. The van der Waals surface area contributed by atoms with E-state index in [2.05, 4.69) is 43.9 Å². The first kappa shape index (κ1) is 26.3. The molecule has 0 spiro atoms. The zero-order chi connectivity index (χ0) is 23.0. The number of esters is 1. The lowest BCUT2D eigenvalue weighted by Gasteiger charge is -2.23. The maximum absolute atomic E-state index is 12.0. The maximum atomic E-state index is 12.0. The monoisotopic (exact) mass is 442 g/mol. The summed E-state index contributed by atoms with van der Waals surface area (Å²) < 4.78 is 16.2. The summed E-state index contributed by atoms with van der Waals surface area (Å²) >= 11 is 0. The Labute approximate surface area is 195 Å². The highest BCUT2D eigenvalue weighted by Gasteiger charge is 2.24. The summed E-state index contributed by atoms with van der Waals surface area (Å²) in [5, 5.41) is 0. The third kappa shape index (κ3) is 10.1. The quantitative estimate of drug-likeness (QED) is 0.0889. The van der Waals surface area contributed by atoms with Crippen molar-refractivity contribution in [2.45, 2.75) is 90.8 Å². The number of allylic oxidation sites excluding steroid dienone is 5. The van der Waals surface area contributed by atoms with Crippen LogP contribution in [-0.4, -0.2) is 26.0 Å². The molecule has 2 rings (SSSR count). The molecule has 0 radical (unpaired) electrons. The van der Waals surface area contributed by atoms with Crippen LogP contribution in [0.4, 0.5) is 0 Å². The van der Waals surface area contributed by atoms with E-state index in [0.717, 1.165) is 50.9 Å². The number of hydrogen-bond donors (Lipinski definition) is 0. The normalized spacial score (nSPS) is 25.0. The first-order chi connectivity index (χ1) is 15.6. The fourth-order valence-corrected chi connectivity index (χ4v) is 4.38. The Kier molecular flexibility index (Phi) is 12.9. The highest BCUT2D eigenvalue weighted by molar-refractivity contribution is 5.86. The molecule has 4 nitrogen and oxygen atoms in total. The molecule has 0 aromatic carbocycles. The molecule has 1 saturated heterocycles. The van der Waals surface area contributed by atoms with E-state index in [1.54, 1.807) is 6.08 Å². The van der Waals surface area contributed by atoms with Crippen molar-refractivity contribution < 1.29 is 19.0 Å². The van der Waals surface area contributed by atoms with Crippen LogP contribution in [-0.2, 0) is 19.0 Å². The molecule has 1 saturated carbocycles. The second-order valence-electron chi connectivity index (χ2n) is 8.98. The first-order valence-electron chi connectivity index (χ1n) is 12.5. The van der Waals surface area contributed by atoms with E-state index in [9.17, 15) is 4.79 Å². The summed E-state index contributed by atoms with van der Waals surface area (Å²) in [7, 11) is 1.37. The lowest BCUT2D eigenvalue weighted by molar-refractivity contribution is -0.161. The summed E-state index contributed by atoms with van der Waals surface area (Å²) in [5.74, 6) is 8.27. The van der Waals surface area contributed by atoms with Crippen LogP contribution < -0.4 is 0 Å². The van der Waals surface area contributed by atoms with Crippen LogP contribution in [0.5, 0.6) is 0 Å². The van der Waals surface area contributed by atoms with Crippen LogP contribution in [0.15, 0.2) is 36.1 Å². The minimum atomic E-state index is -0.459. The molecule has 0 aromatic heterocycles. The minimum absolute atomic E-state index is 0.218. The van der Waals surface area contributed by atoms with Gasteiger partial charge in [0.2, 0.25) is 5.76 Å². The molecule has 0 amide bonds. The van der Waals surface area contributed by atoms with Gasteiger partial charge < -0.3 is 14.2 Å². The van der Waals surface area contributed by atoms with E-state index in [1.807, 2.05) is 6.08 Å². The predicted molar refractivity (Wildman–Crippen MR) is 130 cm³/mol. The van der Waals surface area contributed by atoms with Crippen LogP contribution >= 0.6 is 0 Å². The zero-order valence-corrected chi connectivity index (χ0v) is 20.3. The molecule has 2 unspecified atom stereocenters. The summed E-state index contributed by atoms with van der Waals surface area (Å²) in [6.45, 7) is 5.06. The number of carbonyl (C=O) groups is 1. The van der Waals surface area contributed by atoms with Crippen molar-refractivity contribution in [1.82, 2.24) is 0 Å². The molecule has 2 fully saturated rings. The van der Waals surface area contributed by atoms with Gasteiger partial charge >= 0.3 is 5.97 Å². The lowest BCUT2D eigenvalue weighted by Crippen LogP contribution is -2.24. The molecule has 2 aliphatic rings. The van der Waals surface area contributed by atoms with Crippen molar-refractivity contribution in [3.8, 4) is 11.8 Å². The Morgan fingerprint density at radius 2 is 2.03 bits per heavy atom. The Morgan fingerprint density at radius 1 is 1.16 bits per heavy atom. The molecule has 32 heavy (non-hydrogen) atoms. The number of carbonyl (C=O) groups excluding carboxylic acids is 1. The number of hydrogen-bond acceptors (Lipinski definition) is 4. The van der Waals surface area contributed by atoms with Crippen LogP contribution in [0.25, 0.3) is 0 Å². The molecule has 4 atom stereocenters. The van der Waals surface area contributed by atoms with Gasteiger partial charge in [-0.25, -0.2) is 4.79 Å². The fourth-order valence-electron chi connectivity index (χ4n) is 4.38. The molecule has 0 aromatic rings. The minimum Gasteiger partial charge on any atom is -0.463 e. The van der Waals surface area contributed by atoms with E-state index < -0.39 is 5.97 Å². The lowest BCUT2D eigenvalue weighted by atomic mass is 9.90. The van der Waals surface area contributed by atoms with Gasteiger partial charge in [-0.3, -0.25) is 0 Å². The van der Waals surface area contributed by atoms with Gasteiger partial charge in [0.1, 0.15) is 0 Å². The SMILES string of the molecule is CCC#CCC(C)CC=C[C@H]1CCC[C@@H]1CCC=CC=C(OC1CCCCO1)C(=O)OC. The molecule has 1 aliphatic heterocycles. The van der Waals surface area contributed by atoms with Gasteiger partial charge in [0, 0.05) is 19.3 Å². The van der Waals surface area contributed by atoms with E-state index in [1.165, 1.54) is 32.8 Å². The van der Waals surface area contributed by atoms with Gasteiger partial charge in [0.25, 0.3) is 0 Å². The molecule has 1 heterocycles. The van der Waals surface area contributed by atoms with E-state index in [-0.39, 0.29) is 12.0 Å². The van der Waals surface area contributed by atoms with E-state index >= 15 is 0 Å². The zero-order valence-electron chi connectivity index (χ0n) is 20.3. The Balaban J connectivity index is 1.76. The van der Waals surface area contributed by atoms with Crippen molar-refractivity contribution in [1.29, 1.82) is 0 Å². The highest BCUT2D eigenvalue weighted by Crippen LogP contribution is 2.36. The Hall–Kier alpha value is -1.99. The third-order valence-electron chi connectivity index (χ3n) is 6.26. The first-order valence-corrected chi connectivity index (χ1v) is 12.5. The van der Waals surface area contributed by atoms with Crippen molar-refractivity contribution in [3.63, 3.8) is 0 Å².